The Morgan fingerprint density at radius 3 is 1.69 bits per heavy atom. The fraction of sp³-hybridized carbons (Fsp3) is 0.184. The summed E-state index contributed by atoms with van der Waals surface area (Å²) in [5.74, 6) is 0. The first kappa shape index (κ1) is 31.8. The molecule has 1 aliphatic heterocycles. The second-order valence-corrected chi connectivity index (χ2v) is 11.2. The molecule has 0 fully saturated rings. The molecule has 0 spiro atoms. The van der Waals surface area contributed by atoms with Gasteiger partial charge in [-0.3, -0.25) is 0 Å². The summed E-state index contributed by atoms with van der Waals surface area (Å²) in [4.78, 5) is 2.54. The SMILES string of the molecule is CCc1cccc(CC)c1[N+]1=CN(c2cc(C)ccc2-c2ccccc2)[C@@H](c2ccccc2)[C@@H]1c1ccccc1.F[B-](F)(F)F. The molecule has 0 amide bonds. The highest BCUT2D eigenvalue weighted by atomic mass is 19.5. The zero-order valence-electron chi connectivity index (χ0n) is 25.8. The molecule has 0 saturated carbocycles. The highest BCUT2D eigenvalue weighted by Crippen LogP contribution is 2.48. The van der Waals surface area contributed by atoms with Crippen molar-refractivity contribution in [2.75, 3.05) is 4.90 Å². The minimum Gasteiger partial charge on any atom is -0.418 e. The predicted octanol–water partition coefficient (Wildman–Crippen LogP) is 10.8. The van der Waals surface area contributed by atoms with E-state index >= 15 is 0 Å². The Morgan fingerprint density at radius 2 is 1.16 bits per heavy atom. The van der Waals surface area contributed by atoms with Crippen LogP contribution >= 0.6 is 0 Å². The van der Waals surface area contributed by atoms with Crippen LogP contribution in [0.5, 0.6) is 0 Å². The maximum Gasteiger partial charge on any atom is 0.673 e. The molecule has 0 aromatic heterocycles. The second-order valence-electron chi connectivity index (χ2n) is 11.2. The van der Waals surface area contributed by atoms with Crippen LogP contribution in [-0.4, -0.2) is 18.2 Å². The molecular weight excluding hydrogens is 571 g/mol. The number of halogens is 4. The number of hydrogen-bond donors (Lipinski definition) is 0. The van der Waals surface area contributed by atoms with E-state index in [4.69, 9.17) is 0 Å². The van der Waals surface area contributed by atoms with Gasteiger partial charge in [0.2, 0.25) is 6.34 Å². The predicted molar refractivity (Wildman–Crippen MR) is 179 cm³/mol. The molecule has 1 aliphatic rings. The van der Waals surface area contributed by atoms with Gasteiger partial charge in [0.05, 0.1) is 0 Å². The lowest BCUT2D eigenvalue weighted by atomic mass is 9.90. The van der Waals surface area contributed by atoms with E-state index in [2.05, 4.69) is 164 Å². The molecule has 7 heteroatoms. The van der Waals surface area contributed by atoms with Crippen LogP contribution in [-0.2, 0) is 12.8 Å². The molecule has 0 saturated heterocycles. The van der Waals surface area contributed by atoms with Gasteiger partial charge in [0.25, 0.3) is 0 Å². The number of hydrogen-bond acceptors (Lipinski definition) is 1. The molecule has 0 aliphatic carbocycles. The lowest BCUT2D eigenvalue weighted by Crippen LogP contribution is -2.26. The summed E-state index contributed by atoms with van der Waals surface area (Å²) < 4.78 is 41.6. The minimum atomic E-state index is -6.00. The Hall–Kier alpha value is -4.65. The summed E-state index contributed by atoms with van der Waals surface area (Å²) in [5, 5.41) is 0. The first-order valence-electron chi connectivity index (χ1n) is 15.3. The monoisotopic (exact) mass is 608 g/mol. The van der Waals surface area contributed by atoms with Gasteiger partial charge in [-0.25, -0.2) is 9.48 Å². The highest BCUT2D eigenvalue weighted by Gasteiger charge is 2.47. The van der Waals surface area contributed by atoms with Gasteiger partial charge in [-0.1, -0.05) is 129 Å². The van der Waals surface area contributed by atoms with E-state index < -0.39 is 7.25 Å². The number of aryl methyl sites for hydroxylation is 3. The molecule has 45 heavy (non-hydrogen) atoms. The summed E-state index contributed by atoms with van der Waals surface area (Å²) in [6, 6.07) is 46.7. The van der Waals surface area contributed by atoms with Crippen molar-refractivity contribution < 1.29 is 21.8 Å². The molecule has 0 N–H and O–H groups in total. The molecule has 2 atom stereocenters. The third kappa shape index (κ3) is 7.36. The quantitative estimate of drug-likeness (QED) is 0.101. The largest absolute Gasteiger partial charge is 0.673 e. The molecule has 2 nitrogen and oxygen atoms in total. The molecule has 230 valence electrons. The van der Waals surface area contributed by atoms with Gasteiger partial charge in [-0.2, -0.15) is 0 Å². The van der Waals surface area contributed by atoms with Crippen molar-refractivity contribution in [2.45, 2.75) is 45.7 Å². The summed E-state index contributed by atoms with van der Waals surface area (Å²) in [5.41, 5.74) is 11.7. The Labute approximate surface area is 263 Å². The number of benzene rings is 5. The van der Waals surface area contributed by atoms with Gasteiger partial charge < -0.3 is 17.3 Å². The molecule has 0 unspecified atom stereocenters. The Kier molecular flexibility index (Phi) is 9.87. The zero-order valence-corrected chi connectivity index (χ0v) is 25.8. The summed E-state index contributed by atoms with van der Waals surface area (Å²) in [6.45, 7) is 6.73. The summed E-state index contributed by atoms with van der Waals surface area (Å²) in [6.07, 6.45) is 4.37. The maximum absolute atomic E-state index is 9.75. The van der Waals surface area contributed by atoms with Crippen LogP contribution in [0.25, 0.3) is 11.1 Å². The van der Waals surface area contributed by atoms with Gasteiger partial charge >= 0.3 is 7.25 Å². The first-order chi connectivity index (χ1) is 21.7. The molecule has 5 aromatic carbocycles. The fourth-order valence-electron chi connectivity index (χ4n) is 6.24. The fourth-order valence-corrected chi connectivity index (χ4v) is 6.24. The summed E-state index contributed by atoms with van der Waals surface area (Å²) in [7, 11) is -6.00. The van der Waals surface area contributed by atoms with Crippen LogP contribution in [0.1, 0.15) is 53.7 Å². The van der Waals surface area contributed by atoms with Crippen LogP contribution in [0.15, 0.2) is 127 Å². The number of anilines is 1. The summed E-state index contributed by atoms with van der Waals surface area (Å²) >= 11 is 0. The van der Waals surface area contributed by atoms with Gasteiger partial charge in [0, 0.05) is 16.7 Å². The molecule has 5 aromatic rings. The van der Waals surface area contributed by atoms with Crippen molar-refractivity contribution in [2.24, 2.45) is 0 Å². The Bertz CT molecular complexity index is 1710. The van der Waals surface area contributed by atoms with Crippen molar-refractivity contribution in [3.63, 3.8) is 0 Å². The maximum atomic E-state index is 9.75. The zero-order chi connectivity index (χ0) is 32.0. The van der Waals surface area contributed by atoms with E-state index in [1.165, 1.54) is 50.3 Å². The van der Waals surface area contributed by atoms with Crippen molar-refractivity contribution in [1.29, 1.82) is 0 Å². The van der Waals surface area contributed by atoms with Crippen molar-refractivity contribution in [3.05, 3.63) is 155 Å². The third-order valence-electron chi connectivity index (χ3n) is 8.17. The van der Waals surface area contributed by atoms with Crippen LogP contribution in [0, 0.1) is 6.92 Å². The van der Waals surface area contributed by atoms with Crippen LogP contribution in [0.2, 0.25) is 0 Å². The number of rotatable bonds is 7. The molecule has 0 radical (unpaired) electrons. The average molecular weight is 609 g/mol. The van der Waals surface area contributed by atoms with Gasteiger partial charge in [0.1, 0.15) is 11.4 Å². The molecule has 6 rings (SSSR count). The van der Waals surface area contributed by atoms with E-state index in [0.717, 1.165) is 12.8 Å². The first-order valence-corrected chi connectivity index (χ1v) is 15.3. The van der Waals surface area contributed by atoms with E-state index in [9.17, 15) is 17.3 Å². The lowest BCUT2D eigenvalue weighted by Gasteiger charge is -2.26. The molecular formula is C38H37BF4N2. The third-order valence-corrected chi connectivity index (χ3v) is 8.17. The smallest absolute Gasteiger partial charge is 0.418 e. The van der Waals surface area contributed by atoms with Gasteiger partial charge in [-0.05, 0) is 54.2 Å². The topological polar surface area (TPSA) is 6.25 Å². The Morgan fingerprint density at radius 1 is 0.644 bits per heavy atom. The standard InChI is InChI=1S/C38H37N2.BF4/c1-4-29-22-15-23-30(5-2)36(29)40-27-39(35-26-28(3)24-25-34(35)31-16-9-6-10-17-31)37(32-18-11-7-12-19-32)38(40)33-20-13-8-14-21-33;2-1(3,4)5/h6-27,37-38H,4-5H2,1-3H3;/q+1;-1/t37-,38-;/m0./s1. The van der Waals surface area contributed by atoms with Crippen molar-refractivity contribution in [1.82, 2.24) is 0 Å². The minimum absolute atomic E-state index is 0.0856. The van der Waals surface area contributed by atoms with E-state index in [1.807, 2.05) is 0 Å². The second kappa shape index (κ2) is 14.0. The van der Waals surface area contributed by atoms with Crippen LogP contribution < -0.4 is 4.90 Å². The van der Waals surface area contributed by atoms with E-state index in [0.29, 0.717) is 0 Å². The molecule has 1 heterocycles. The van der Waals surface area contributed by atoms with Crippen LogP contribution in [0.4, 0.5) is 28.6 Å². The Balaban J connectivity index is 0.000000743. The van der Waals surface area contributed by atoms with Crippen molar-refractivity contribution in [3.8, 4) is 11.1 Å². The van der Waals surface area contributed by atoms with Gasteiger partial charge in [0.15, 0.2) is 12.1 Å². The highest BCUT2D eigenvalue weighted by molar-refractivity contribution is 6.50. The van der Waals surface area contributed by atoms with Crippen molar-refractivity contribution >= 4 is 25.0 Å². The molecule has 0 bridgehead atoms. The van der Waals surface area contributed by atoms with E-state index in [-0.39, 0.29) is 12.1 Å². The van der Waals surface area contributed by atoms with E-state index in [1.54, 1.807) is 0 Å². The normalized spacial score (nSPS) is 16.2. The van der Waals surface area contributed by atoms with Gasteiger partial charge in [-0.15, -0.1) is 0 Å². The number of para-hydroxylation sites is 1. The lowest BCUT2D eigenvalue weighted by molar-refractivity contribution is -0.482. The number of nitrogens with zero attached hydrogens (tertiary/aromatic N) is 2. The van der Waals surface area contributed by atoms with Crippen LogP contribution in [0.3, 0.4) is 0 Å². The average Bonchev–Trinajstić information content (AvgIpc) is 3.45.